The van der Waals surface area contributed by atoms with Crippen LogP contribution in [0.2, 0.25) is 0 Å². The molecule has 0 aromatic carbocycles. The SMILES string of the molecule is CC(C)(C)ONOC(C)(C)C.OC[N+]1=C(/C=C/c2cccs2)C=CCC1. The summed E-state index contributed by atoms with van der Waals surface area (Å²) in [5.41, 5.74) is 3.11. The average Bonchev–Trinajstić information content (AvgIpc) is 3.04. The summed E-state index contributed by atoms with van der Waals surface area (Å²) in [5, 5.41) is 11.2. The molecule has 6 heteroatoms. The smallest absolute Gasteiger partial charge is 0.245 e. The molecule has 26 heavy (non-hydrogen) atoms. The highest BCUT2D eigenvalue weighted by Crippen LogP contribution is 2.11. The zero-order valence-electron chi connectivity index (χ0n) is 16.8. The van der Waals surface area contributed by atoms with Gasteiger partial charge in [0.15, 0.2) is 0 Å². The van der Waals surface area contributed by atoms with Crippen LogP contribution in [0.3, 0.4) is 0 Å². The standard InChI is InChI=1S/C12H14NOS.C8H19NO2/c14-10-13-8-2-1-4-11(13)6-7-12-5-3-9-15-12;1-7(2,3)10-9-11-8(4,5)6/h1,3-7,9,14H,2,8,10H2;9H,1-6H3/q+1;/b7-6+;. The second-order valence-corrected chi connectivity index (χ2v) is 8.86. The predicted molar refractivity (Wildman–Crippen MR) is 109 cm³/mol. The van der Waals surface area contributed by atoms with Crippen LogP contribution in [0.15, 0.2) is 35.7 Å². The second-order valence-electron chi connectivity index (χ2n) is 7.88. The molecule has 1 aromatic heterocycles. The van der Waals surface area contributed by atoms with Crippen molar-refractivity contribution in [3.8, 4) is 0 Å². The molecule has 0 atom stereocenters. The van der Waals surface area contributed by atoms with Crippen molar-refractivity contribution in [1.82, 2.24) is 5.64 Å². The Morgan fingerprint density at radius 1 is 1.15 bits per heavy atom. The number of nitrogens with one attached hydrogen (secondary N) is 1. The topological polar surface area (TPSA) is 53.7 Å². The molecule has 0 fully saturated rings. The van der Waals surface area contributed by atoms with Crippen molar-refractivity contribution in [2.75, 3.05) is 13.3 Å². The normalized spacial score (nSPS) is 15.3. The summed E-state index contributed by atoms with van der Waals surface area (Å²) >= 11 is 1.72. The molecule has 0 radical (unpaired) electrons. The van der Waals surface area contributed by atoms with Crippen molar-refractivity contribution in [2.24, 2.45) is 0 Å². The van der Waals surface area contributed by atoms with Gasteiger partial charge in [0.25, 0.3) is 0 Å². The molecule has 2 rings (SSSR count). The third kappa shape index (κ3) is 10.6. The first kappa shape index (κ1) is 22.7. The van der Waals surface area contributed by atoms with Gasteiger partial charge in [0.2, 0.25) is 12.4 Å². The predicted octanol–water partition coefficient (Wildman–Crippen LogP) is 4.16. The monoisotopic (exact) mass is 381 g/mol. The van der Waals surface area contributed by atoms with Gasteiger partial charge in [-0.3, -0.25) is 9.68 Å². The number of allylic oxidation sites excluding steroid dienone is 2. The molecule has 0 spiro atoms. The second kappa shape index (κ2) is 10.7. The molecule has 2 N–H and O–H groups in total. The fourth-order valence-corrected chi connectivity index (χ4v) is 2.42. The first-order valence-electron chi connectivity index (χ1n) is 8.82. The van der Waals surface area contributed by atoms with Crippen molar-refractivity contribution in [1.29, 1.82) is 0 Å². The molecule has 2 heterocycles. The van der Waals surface area contributed by atoms with Gasteiger partial charge in [0.1, 0.15) is 6.54 Å². The Bertz CT molecular complexity index is 592. The van der Waals surface area contributed by atoms with E-state index in [0.29, 0.717) is 0 Å². The largest absolute Gasteiger partial charge is 0.339 e. The van der Waals surface area contributed by atoms with E-state index in [9.17, 15) is 0 Å². The molecular weight excluding hydrogens is 348 g/mol. The Hall–Kier alpha value is -1.31. The van der Waals surface area contributed by atoms with Gasteiger partial charge in [-0.1, -0.05) is 17.8 Å². The van der Waals surface area contributed by atoms with E-state index in [0.717, 1.165) is 18.7 Å². The Labute approximate surface area is 161 Å². The molecule has 0 saturated heterocycles. The lowest BCUT2D eigenvalue weighted by atomic mass is 10.2. The maximum atomic E-state index is 9.16. The van der Waals surface area contributed by atoms with Gasteiger partial charge in [0, 0.05) is 23.5 Å². The zero-order chi connectivity index (χ0) is 19.6. The summed E-state index contributed by atoms with van der Waals surface area (Å²) in [7, 11) is 0. The van der Waals surface area contributed by atoms with Crippen LogP contribution in [0, 0.1) is 0 Å². The summed E-state index contributed by atoms with van der Waals surface area (Å²) in [6, 6.07) is 4.12. The van der Waals surface area contributed by atoms with E-state index < -0.39 is 0 Å². The van der Waals surface area contributed by atoms with Gasteiger partial charge in [-0.25, -0.2) is 4.58 Å². The molecule has 1 aliphatic heterocycles. The number of aliphatic hydroxyl groups is 1. The molecule has 1 aliphatic rings. The number of nitrogens with zero attached hydrogens (tertiary/aromatic N) is 1. The van der Waals surface area contributed by atoms with Gasteiger partial charge in [-0.15, -0.1) is 11.3 Å². The van der Waals surface area contributed by atoms with Crippen LogP contribution in [0.5, 0.6) is 0 Å². The van der Waals surface area contributed by atoms with E-state index in [2.05, 4.69) is 41.4 Å². The van der Waals surface area contributed by atoms with Gasteiger partial charge < -0.3 is 5.11 Å². The fraction of sp³-hybridized carbons (Fsp3) is 0.550. The first-order valence-corrected chi connectivity index (χ1v) is 9.70. The molecule has 1 aromatic rings. The maximum Gasteiger partial charge on any atom is 0.245 e. The number of hydrogen-bond donors (Lipinski definition) is 2. The van der Waals surface area contributed by atoms with E-state index in [1.165, 1.54) is 4.88 Å². The summed E-state index contributed by atoms with van der Waals surface area (Å²) in [6.07, 6.45) is 9.34. The molecule has 0 aliphatic carbocycles. The lowest BCUT2D eigenvalue weighted by Gasteiger charge is -2.24. The highest BCUT2D eigenvalue weighted by Gasteiger charge is 2.14. The summed E-state index contributed by atoms with van der Waals surface area (Å²) in [4.78, 5) is 11.5. The summed E-state index contributed by atoms with van der Waals surface area (Å²) in [6.45, 7) is 12.7. The van der Waals surface area contributed by atoms with Gasteiger partial charge >= 0.3 is 0 Å². The lowest BCUT2D eigenvalue weighted by molar-refractivity contribution is -0.562. The van der Waals surface area contributed by atoms with Crippen LogP contribution in [0.4, 0.5) is 0 Å². The van der Waals surface area contributed by atoms with E-state index in [-0.39, 0.29) is 17.9 Å². The first-order chi connectivity index (χ1) is 12.1. The number of aliphatic hydroxyl groups excluding tert-OH is 1. The molecule has 146 valence electrons. The van der Waals surface area contributed by atoms with Crippen LogP contribution in [0.1, 0.15) is 52.8 Å². The van der Waals surface area contributed by atoms with Crippen molar-refractivity contribution in [3.63, 3.8) is 0 Å². The summed E-state index contributed by atoms with van der Waals surface area (Å²) < 4.78 is 1.96. The highest BCUT2D eigenvalue weighted by atomic mass is 32.1. The maximum absolute atomic E-state index is 9.16. The highest BCUT2D eigenvalue weighted by molar-refractivity contribution is 7.10. The van der Waals surface area contributed by atoms with Gasteiger partial charge in [-0.05, 0) is 59.1 Å². The lowest BCUT2D eigenvalue weighted by Crippen LogP contribution is -2.35. The number of hydrogen-bond acceptors (Lipinski definition) is 5. The van der Waals surface area contributed by atoms with E-state index in [1.54, 1.807) is 11.3 Å². The number of thiophene rings is 1. The van der Waals surface area contributed by atoms with Gasteiger partial charge in [0.05, 0.1) is 11.2 Å². The molecule has 0 unspecified atom stereocenters. The minimum atomic E-state index is -0.217. The van der Waals surface area contributed by atoms with Crippen molar-refractivity contribution >= 4 is 23.1 Å². The Morgan fingerprint density at radius 3 is 2.31 bits per heavy atom. The van der Waals surface area contributed by atoms with Crippen LogP contribution >= 0.6 is 11.3 Å². The van der Waals surface area contributed by atoms with Crippen LogP contribution in [0.25, 0.3) is 6.08 Å². The molecular formula is C20H33N2O3S+. The quantitative estimate of drug-likeness (QED) is 0.594. The van der Waals surface area contributed by atoms with Crippen LogP contribution < -0.4 is 5.64 Å². The molecule has 5 nitrogen and oxygen atoms in total. The molecule has 0 amide bonds. The summed E-state index contributed by atoms with van der Waals surface area (Å²) in [5.74, 6) is 0. The number of rotatable bonds is 5. The molecule has 0 saturated carbocycles. The minimum absolute atomic E-state index is 0.0917. The zero-order valence-corrected chi connectivity index (χ0v) is 17.6. The van der Waals surface area contributed by atoms with Crippen molar-refractivity contribution < 1.29 is 19.4 Å². The minimum Gasteiger partial charge on any atom is -0.339 e. The third-order valence-electron chi connectivity index (χ3n) is 3.05. The molecule has 0 bridgehead atoms. The average molecular weight is 382 g/mol. The Morgan fingerprint density at radius 2 is 1.81 bits per heavy atom. The van der Waals surface area contributed by atoms with Gasteiger partial charge in [-0.2, -0.15) is 0 Å². The van der Waals surface area contributed by atoms with E-state index >= 15 is 0 Å². The van der Waals surface area contributed by atoms with Crippen molar-refractivity contribution in [2.45, 2.75) is 59.2 Å². The van der Waals surface area contributed by atoms with Crippen molar-refractivity contribution in [3.05, 3.63) is 40.6 Å². The third-order valence-corrected chi connectivity index (χ3v) is 3.88. The van der Waals surface area contributed by atoms with Crippen LogP contribution in [-0.2, 0) is 9.68 Å². The Balaban J connectivity index is 0.000000276. The van der Waals surface area contributed by atoms with Crippen LogP contribution in [-0.4, -0.2) is 39.9 Å². The van der Waals surface area contributed by atoms with E-state index in [1.807, 2.05) is 52.2 Å². The Kier molecular flexibility index (Phi) is 9.39. The van der Waals surface area contributed by atoms with E-state index in [4.69, 9.17) is 14.8 Å². The fourth-order valence-electron chi connectivity index (χ4n) is 1.81.